The smallest absolute Gasteiger partial charge is 0.329 e. The molecule has 0 atom stereocenters. The van der Waals surface area contributed by atoms with Gasteiger partial charge in [0.25, 0.3) is 5.91 Å². The normalized spacial score (nSPS) is 10.5. The lowest BCUT2D eigenvalue weighted by Gasteiger charge is -2.07. The van der Waals surface area contributed by atoms with Crippen LogP contribution in [0.2, 0.25) is 0 Å². The van der Waals surface area contributed by atoms with Crippen LogP contribution < -0.4 is 20.8 Å². The molecule has 0 spiro atoms. The molecule has 0 fully saturated rings. The molecule has 3 N–H and O–H groups in total. The Labute approximate surface area is 187 Å². The van der Waals surface area contributed by atoms with E-state index in [0.717, 1.165) is 12.1 Å². The third-order valence-corrected chi connectivity index (χ3v) is 4.07. The van der Waals surface area contributed by atoms with Crippen LogP contribution in [0.15, 0.2) is 77.9 Å². The molecule has 3 amide bonds. The van der Waals surface area contributed by atoms with Gasteiger partial charge in [0, 0.05) is 11.4 Å². The highest BCUT2D eigenvalue weighted by Gasteiger charge is 2.12. The summed E-state index contributed by atoms with van der Waals surface area (Å²) in [4.78, 5) is 35.4. The van der Waals surface area contributed by atoms with Crippen LogP contribution in [-0.2, 0) is 14.4 Å². The number of benzene rings is 3. The van der Waals surface area contributed by atoms with E-state index in [9.17, 15) is 23.2 Å². The van der Waals surface area contributed by atoms with Gasteiger partial charge in [-0.2, -0.15) is 5.10 Å². The minimum atomic E-state index is -0.998. The number of nitrogens with zero attached hydrogens (tertiary/aromatic N) is 1. The maximum Gasteiger partial charge on any atom is 0.329 e. The number of amides is 3. The Kier molecular flexibility index (Phi) is 7.79. The molecule has 3 rings (SSSR count). The summed E-state index contributed by atoms with van der Waals surface area (Å²) in [6, 6.07) is 16.7. The van der Waals surface area contributed by atoms with Gasteiger partial charge < -0.3 is 15.4 Å². The number of ether oxygens (including phenoxy) is 1. The van der Waals surface area contributed by atoms with E-state index in [4.69, 9.17) is 4.74 Å². The van der Waals surface area contributed by atoms with Crippen LogP contribution in [0.5, 0.6) is 5.75 Å². The van der Waals surface area contributed by atoms with Crippen LogP contribution in [0.4, 0.5) is 20.2 Å². The molecule has 33 heavy (non-hydrogen) atoms. The van der Waals surface area contributed by atoms with Crippen molar-refractivity contribution in [2.75, 3.05) is 17.2 Å². The molecule has 0 bridgehead atoms. The fraction of sp³-hybridized carbons (Fsp3) is 0.0435. The van der Waals surface area contributed by atoms with Crippen LogP contribution in [0.1, 0.15) is 5.56 Å². The minimum absolute atomic E-state index is 0.246. The van der Waals surface area contributed by atoms with E-state index in [1.54, 1.807) is 24.3 Å². The summed E-state index contributed by atoms with van der Waals surface area (Å²) < 4.78 is 31.1. The molecular formula is C23H18F2N4O4. The molecule has 3 aromatic rings. The lowest BCUT2D eigenvalue weighted by atomic mass is 10.2. The van der Waals surface area contributed by atoms with E-state index < -0.39 is 29.4 Å². The largest absolute Gasteiger partial charge is 0.484 e. The van der Waals surface area contributed by atoms with Crippen molar-refractivity contribution in [2.45, 2.75) is 0 Å². The van der Waals surface area contributed by atoms with Crippen LogP contribution in [-0.4, -0.2) is 30.5 Å². The van der Waals surface area contributed by atoms with Crippen molar-refractivity contribution in [1.82, 2.24) is 5.43 Å². The van der Waals surface area contributed by atoms with E-state index >= 15 is 0 Å². The second-order valence-electron chi connectivity index (χ2n) is 6.57. The second kappa shape index (κ2) is 11.1. The molecule has 0 aliphatic heterocycles. The maximum atomic E-state index is 12.9. The highest BCUT2D eigenvalue weighted by molar-refractivity contribution is 6.39. The number of anilines is 2. The summed E-state index contributed by atoms with van der Waals surface area (Å²) in [6.45, 7) is -0.246. The van der Waals surface area contributed by atoms with Gasteiger partial charge in [0.2, 0.25) is 0 Å². The lowest BCUT2D eigenvalue weighted by molar-refractivity contribution is -0.136. The predicted octanol–water partition coefficient (Wildman–Crippen LogP) is 3.07. The minimum Gasteiger partial charge on any atom is -0.484 e. The zero-order chi connectivity index (χ0) is 23.6. The van der Waals surface area contributed by atoms with E-state index in [1.807, 2.05) is 0 Å². The van der Waals surface area contributed by atoms with Crippen LogP contribution in [0, 0.1) is 11.6 Å². The molecule has 0 saturated carbocycles. The topological polar surface area (TPSA) is 109 Å². The summed E-state index contributed by atoms with van der Waals surface area (Å²) in [7, 11) is 0. The summed E-state index contributed by atoms with van der Waals surface area (Å²) in [5, 5.41) is 8.58. The van der Waals surface area contributed by atoms with Crippen molar-refractivity contribution in [3.05, 3.63) is 90.0 Å². The van der Waals surface area contributed by atoms with Crippen LogP contribution >= 0.6 is 0 Å². The average Bonchev–Trinajstić information content (AvgIpc) is 2.81. The van der Waals surface area contributed by atoms with Gasteiger partial charge in [-0.15, -0.1) is 0 Å². The number of carbonyl (C=O) groups excluding carboxylic acids is 3. The summed E-state index contributed by atoms with van der Waals surface area (Å²) in [6.07, 6.45) is 1.31. The standard InChI is InChI=1S/C23H18F2N4O4/c24-16-3-7-18(8-4-16)27-21(30)14-33-20-11-1-15(2-12-20)13-26-29-23(32)22(31)28-19-9-5-17(25)6-10-19/h1-13H,14H2,(H,27,30)(H,28,31)(H,29,32)/b26-13-. The Hall–Kier alpha value is -4.60. The Morgan fingerprint density at radius 3 is 1.88 bits per heavy atom. The SMILES string of the molecule is O=C(COc1ccc(/C=N\NC(=O)C(=O)Nc2ccc(F)cc2)cc1)Nc1ccc(F)cc1. The maximum absolute atomic E-state index is 12.9. The molecule has 0 unspecified atom stereocenters. The van der Waals surface area contributed by atoms with Crippen molar-refractivity contribution >= 4 is 35.3 Å². The molecule has 3 aromatic carbocycles. The number of nitrogens with one attached hydrogen (secondary N) is 3. The lowest BCUT2D eigenvalue weighted by Crippen LogP contribution is -2.32. The molecular weight excluding hydrogens is 434 g/mol. The first kappa shape index (κ1) is 23.1. The average molecular weight is 452 g/mol. The highest BCUT2D eigenvalue weighted by Crippen LogP contribution is 2.12. The fourth-order valence-electron chi connectivity index (χ4n) is 2.47. The molecule has 10 heteroatoms. The number of hydrazone groups is 1. The van der Waals surface area contributed by atoms with Gasteiger partial charge in [-0.25, -0.2) is 14.2 Å². The first-order valence-electron chi connectivity index (χ1n) is 9.57. The first-order valence-corrected chi connectivity index (χ1v) is 9.57. The molecule has 0 aliphatic rings. The zero-order valence-corrected chi connectivity index (χ0v) is 17.0. The van der Waals surface area contributed by atoms with E-state index in [1.165, 1.54) is 42.6 Å². The highest BCUT2D eigenvalue weighted by atomic mass is 19.1. The molecule has 168 valence electrons. The van der Waals surface area contributed by atoms with Gasteiger partial charge in [-0.05, 0) is 78.4 Å². The Morgan fingerprint density at radius 2 is 1.30 bits per heavy atom. The molecule has 0 aromatic heterocycles. The molecule has 0 saturated heterocycles. The predicted molar refractivity (Wildman–Crippen MR) is 118 cm³/mol. The third-order valence-electron chi connectivity index (χ3n) is 4.07. The second-order valence-corrected chi connectivity index (χ2v) is 6.57. The summed E-state index contributed by atoms with van der Waals surface area (Å²) >= 11 is 0. The number of carbonyl (C=O) groups is 3. The van der Waals surface area contributed by atoms with E-state index in [-0.39, 0.29) is 12.3 Å². The van der Waals surface area contributed by atoms with Crippen molar-refractivity contribution in [1.29, 1.82) is 0 Å². The van der Waals surface area contributed by atoms with Gasteiger partial charge in [0.1, 0.15) is 17.4 Å². The Bertz CT molecular complexity index is 1150. The molecule has 0 heterocycles. The van der Waals surface area contributed by atoms with Crippen LogP contribution in [0.25, 0.3) is 0 Å². The molecule has 0 aliphatic carbocycles. The van der Waals surface area contributed by atoms with Gasteiger partial charge in [-0.1, -0.05) is 0 Å². The van der Waals surface area contributed by atoms with Crippen LogP contribution in [0.3, 0.4) is 0 Å². The van der Waals surface area contributed by atoms with Gasteiger partial charge >= 0.3 is 11.8 Å². The molecule has 0 radical (unpaired) electrons. The van der Waals surface area contributed by atoms with E-state index in [0.29, 0.717) is 17.0 Å². The molecule has 8 nitrogen and oxygen atoms in total. The third kappa shape index (κ3) is 7.55. The van der Waals surface area contributed by atoms with Crippen molar-refractivity contribution in [2.24, 2.45) is 5.10 Å². The van der Waals surface area contributed by atoms with E-state index in [2.05, 4.69) is 21.2 Å². The number of hydrogen-bond donors (Lipinski definition) is 3. The summed E-state index contributed by atoms with van der Waals surface area (Å²) in [5.41, 5.74) is 3.39. The monoisotopic (exact) mass is 452 g/mol. The van der Waals surface area contributed by atoms with Gasteiger partial charge in [0.15, 0.2) is 6.61 Å². The van der Waals surface area contributed by atoms with Crippen molar-refractivity contribution in [3.63, 3.8) is 0 Å². The fourth-order valence-corrected chi connectivity index (χ4v) is 2.47. The Balaban J connectivity index is 1.42. The number of hydrogen-bond acceptors (Lipinski definition) is 5. The Morgan fingerprint density at radius 1 is 0.758 bits per heavy atom. The van der Waals surface area contributed by atoms with Gasteiger partial charge in [-0.3, -0.25) is 14.4 Å². The number of halogens is 2. The van der Waals surface area contributed by atoms with Crippen molar-refractivity contribution in [3.8, 4) is 5.75 Å². The quantitative estimate of drug-likeness (QED) is 0.291. The van der Waals surface area contributed by atoms with Crippen molar-refractivity contribution < 1.29 is 27.9 Å². The number of rotatable bonds is 7. The first-order chi connectivity index (χ1) is 15.9. The van der Waals surface area contributed by atoms with Gasteiger partial charge in [0.05, 0.1) is 6.21 Å². The summed E-state index contributed by atoms with van der Waals surface area (Å²) in [5.74, 6) is -2.81. The zero-order valence-electron chi connectivity index (χ0n) is 17.0.